The van der Waals surface area contributed by atoms with Gasteiger partial charge in [-0.15, -0.1) is 0 Å². The number of rotatable bonds is 5. The molecule has 1 aliphatic rings. The fourth-order valence-electron chi connectivity index (χ4n) is 1.96. The van der Waals surface area contributed by atoms with Crippen molar-refractivity contribution in [1.29, 1.82) is 0 Å². The molecule has 1 amide bonds. The zero-order valence-corrected chi connectivity index (χ0v) is 11.1. The number of hydrogen-bond donors (Lipinski definition) is 1. The summed E-state index contributed by atoms with van der Waals surface area (Å²) in [6.45, 7) is 0.290. The molecule has 0 aromatic carbocycles. The number of alkyl halides is 1. The van der Waals surface area contributed by atoms with Gasteiger partial charge in [0.05, 0.1) is 7.11 Å². The Morgan fingerprint density at radius 2 is 2.06 bits per heavy atom. The van der Waals surface area contributed by atoms with Crippen LogP contribution in [0.2, 0.25) is 0 Å². The highest BCUT2D eigenvalue weighted by Gasteiger charge is 2.20. The van der Waals surface area contributed by atoms with Crippen molar-refractivity contribution < 1.29 is 14.3 Å². The van der Waals surface area contributed by atoms with Gasteiger partial charge in [-0.2, -0.15) is 0 Å². The smallest absolute Gasteiger partial charge is 0.321 e. The van der Waals surface area contributed by atoms with E-state index in [9.17, 15) is 9.59 Å². The van der Waals surface area contributed by atoms with Gasteiger partial charge in [0, 0.05) is 13.0 Å². The van der Waals surface area contributed by atoms with Gasteiger partial charge in [0.25, 0.3) is 0 Å². The average Bonchev–Trinajstić information content (AvgIpc) is 2.77. The zero-order valence-electron chi connectivity index (χ0n) is 9.50. The van der Waals surface area contributed by atoms with Gasteiger partial charge in [-0.25, -0.2) is 0 Å². The van der Waals surface area contributed by atoms with Crippen molar-refractivity contribution in [1.82, 2.24) is 5.32 Å². The highest BCUT2D eigenvalue weighted by atomic mass is 79.9. The number of esters is 1. The predicted molar refractivity (Wildman–Crippen MR) is 64.3 cm³/mol. The quantitative estimate of drug-likeness (QED) is 0.619. The summed E-state index contributed by atoms with van der Waals surface area (Å²) in [5, 5.41) is 2.74. The Kier molecular flexibility index (Phi) is 5.80. The van der Waals surface area contributed by atoms with Gasteiger partial charge in [0.2, 0.25) is 5.91 Å². The highest BCUT2D eigenvalue weighted by Crippen LogP contribution is 2.27. The van der Waals surface area contributed by atoms with Crippen LogP contribution in [0.5, 0.6) is 0 Å². The second-order valence-electron chi connectivity index (χ2n) is 4.15. The number of halogens is 1. The van der Waals surface area contributed by atoms with Crippen LogP contribution in [0.3, 0.4) is 0 Å². The molecule has 0 saturated heterocycles. The molecule has 5 heteroatoms. The summed E-state index contributed by atoms with van der Waals surface area (Å²) in [6.07, 6.45) is 5.37. The van der Waals surface area contributed by atoms with Crippen molar-refractivity contribution in [3.63, 3.8) is 0 Å². The Bertz CT molecular complexity index is 252. The number of nitrogens with one attached hydrogen (secondary N) is 1. The summed E-state index contributed by atoms with van der Waals surface area (Å²) >= 11 is 3.16. The van der Waals surface area contributed by atoms with Gasteiger partial charge in [0.15, 0.2) is 0 Å². The fourth-order valence-corrected chi connectivity index (χ4v) is 2.31. The molecule has 0 aromatic heterocycles. The third kappa shape index (κ3) is 4.51. The van der Waals surface area contributed by atoms with Gasteiger partial charge in [-0.3, -0.25) is 9.59 Å². The first-order valence-corrected chi connectivity index (χ1v) is 6.53. The Labute approximate surface area is 104 Å². The Hall–Kier alpha value is -0.580. The molecule has 1 unspecified atom stereocenters. The molecule has 0 radical (unpaired) electrons. The lowest BCUT2D eigenvalue weighted by atomic mass is 10.0. The number of methoxy groups -OCH3 is 1. The van der Waals surface area contributed by atoms with Crippen LogP contribution in [-0.4, -0.2) is 30.4 Å². The van der Waals surface area contributed by atoms with Crippen LogP contribution < -0.4 is 5.32 Å². The Morgan fingerprint density at radius 3 is 2.62 bits per heavy atom. The first-order chi connectivity index (χ1) is 7.63. The Balaban J connectivity index is 2.16. The summed E-state index contributed by atoms with van der Waals surface area (Å²) in [4.78, 5) is 22.1. The van der Waals surface area contributed by atoms with Gasteiger partial charge in [-0.05, 0) is 18.8 Å². The molecule has 0 aliphatic heterocycles. The highest BCUT2D eigenvalue weighted by molar-refractivity contribution is 9.10. The first kappa shape index (κ1) is 13.5. The molecule has 16 heavy (non-hydrogen) atoms. The van der Waals surface area contributed by atoms with Crippen molar-refractivity contribution in [3.8, 4) is 0 Å². The third-order valence-electron chi connectivity index (χ3n) is 2.88. The molecule has 1 saturated carbocycles. The van der Waals surface area contributed by atoms with Crippen molar-refractivity contribution in [3.05, 3.63) is 0 Å². The van der Waals surface area contributed by atoms with Crippen LogP contribution in [0, 0.1) is 5.92 Å². The van der Waals surface area contributed by atoms with Crippen LogP contribution in [0.15, 0.2) is 0 Å². The molecule has 0 spiro atoms. The second-order valence-corrected chi connectivity index (χ2v) is 5.25. The summed E-state index contributed by atoms with van der Waals surface area (Å²) in [6, 6.07) is 0. The summed E-state index contributed by atoms with van der Waals surface area (Å²) in [5.41, 5.74) is 0. The number of carbonyl (C=O) groups excluding carboxylic acids is 2. The van der Waals surface area contributed by atoms with E-state index >= 15 is 0 Å². The fraction of sp³-hybridized carbons (Fsp3) is 0.818. The second kappa shape index (κ2) is 6.89. The number of carbonyl (C=O) groups is 2. The lowest BCUT2D eigenvalue weighted by Crippen LogP contribution is -2.34. The van der Waals surface area contributed by atoms with E-state index in [4.69, 9.17) is 0 Å². The van der Waals surface area contributed by atoms with Crippen molar-refractivity contribution in [2.75, 3.05) is 13.7 Å². The molecular weight excluding hydrogens is 274 g/mol. The monoisotopic (exact) mass is 291 g/mol. The third-order valence-corrected chi connectivity index (χ3v) is 3.58. The van der Waals surface area contributed by atoms with E-state index in [0.29, 0.717) is 12.3 Å². The van der Waals surface area contributed by atoms with E-state index in [2.05, 4.69) is 26.0 Å². The van der Waals surface area contributed by atoms with Crippen LogP contribution >= 0.6 is 15.9 Å². The van der Waals surface area contributed by atoms with Crippen molar-refractivity contribution >= 4 is 27.8 Å². The van der Waals surface area contributed by atoms with Crippen LogP contribution in [0.4, 0.5) is 0 Å². The molecule has 0 bridgehead atoms. The molecular formula is C11H18BrNO3. The van der Waals surface area contributed by atoms with E-state index in [1.54, 1.807) is 0 Å². The maximum atomic E-state index is 11.5. The molecule has 1 aliphatic carbocycles. The number of amides is 1. The lowest BCUT2D eigenvalue weighted by Gasteiger charge is -2.11. The standard InChI is InChI=1S/C11H18BrNO3/c1-16-11(15)9(12)7-13-10(14)6-8-4-2-3-5-8/h8-9H,2-7H2,1H3,(H,13,14). The largest absolute Gasteiger partial charge is 0.468 e. The van der Waals surface area contributed by atoms with Gasteiger partial charge in [-0.1, -0.05) is 28.8 Å². The summed E-state index contributed by atoms with van der Waals surface area (Å²) in [5.74, 6) is 0.202. The predicted octanol–water partition coefficient (Wildman–Crippen LogP) is 1.62. The molecule has 1 atom stereocenters. The van der Waals surface area contributed by atoms with Crippen molar-refractivity contribution in [2.24, 2.45) is 5.92 Å². The normalized spacial score (nSPS) is 18.1. The number of hydrogen-bond acceptors (Lipinski definition) is 3. The first-order valence-electron chi connectivity index (χ1n) is 5.62. The van der Waals surface area contributed by atoms with Gasteiger partial charge in [0.1, 0.15) is 4.83 Å². The van der Waals surface area contributed by atoms with Crippen molar-refractivity contribution in [2.45, 2.75) is 36.9 Å². The van der Waals surface area contributed by atoms with Crippen LogP contribution in [0.1, 0.15) is 32.1 Å². The molecule has 0 heterocycles. The SMILES string of the molecule is COC(=O)C(Br)CNC(=O)CC1CCCC1. The van der Waals surface area contributed by atoms with Gasteiger partial charge < -0.3 is 10.1 Å². The minimum Gasteiger partial charge on any atom is -0.468 e. The minimum absolute atomic E-state index is 0.0280. The van der Waals surface area contributed by atoms with E-state index in [-0.39, 0.29) is 18.4 Å². The molecule has 1 rings (SSSR count). The maximum absolute atomic E-state index is 11.5. The average molecular weight is 292 g/mol. The molecule has 92 valence electrons. The van der Waals surface area contributed by atoms with E-state index < -0.39 is 4.83 Å². The van der Waals surface area contributed by atoms with Gasteiger partial charge >= 0.3 is 5.97 Å². The summed E-state index contributed by atoms with van der Waals surface area (Å²) < 4.78 is 4.54. The van der Waals surface area contributed by atoms with Crippen LogP contribution in [-0.2, 0) is 14.3 Å². The van der Waals surface area contributed by atoms with E-state index in [1.165, 1.54) is 20.0 Å². The molecule has 4 nitrogen and oxygen atoms in total. The van der Waals surface area contributed by atoms with E-state index in [0.717, 1.165) is 12.8 Å². The summed E-state index contributed by atoms with van der Waals surface area (Å²) in [7, 11) is 1.33. The minimum atomic E-state index is -0.454. The molecule has 1 N–H and O–H groups in total. The lowest BCUT2D eigenvalue weighted by molar-refractivity contribution is -0.139. The maximum Gasteiger partial charge on any atom is 0.321 e. The van der Waals surface area contributed by atoms with E-state index in [1.807, 2.05) is 0 Å². The molecule has 1 fully saturated rings. The topological polar surface area (TPSA) is 55.4 Å². The molecule has 0 aromatic rings. The number of ether oxygens (including phenoxy) is 1. The zero-order chi connectivity index (χ0) is 12.0. The van der Waals surface area contributed by atoms with Crippen LogP contribution in [0.25, 0.3) is 0 Å². The Morgan fingerprint density at radius 1 is 1.44 bits per heavy atom.